The van der Waals surface area contributed by atoms with Crippen molar-refractivity contribution in [1.29, 1.82) is 5.26 Å². The van der Waals surface area contributed by atoms with Gasteiger partial charge >= 0.3 is 0 Å². The first kappa shape index (κ1) is 29.2. The number of unbranched alkanes of at least 4 members (excludes halogenated alkanes) is 3. The molecule has 0 bridgehead atoms. The van der Waals surface area contributed by atoms with E-state index in [2.05, 4.69) is 54.4 Å². The molecule has 0 radical (unpaired) electrons. The number of benzene rings is 1. The van der Waals surface area contributed by atoms with Gasteiger partial charge in [0.2, 0.25) is 0 Å². The molecule has 1 N–H and O–H groups in total. The first-order valence-electron chi connectivity index (χ1n) is 12.9. The standard InChI is InChI=1S/C29H38ClN3O3S/c1-29(2)25-18-22(33(3)4)9-10-24(25)27-26(29)19-23(37-27)17-21(20-31)28(34)32-12-14-36-16-15-35-13-8-6-5-7-11-30/h9-10,17-19H,5-8,11-16H2,1-4H3,(H,32,34)/b21-17+. The molecular weight excluding hydrogens is 506 g/mol. The second-order valence-electron chi connectivity index (χ2n) is 9.89. The Kier molecular flexibility index (Phi) is 11.0. The molecule has 1 amide bonds. The fourth-order valence-corrected chi connectivity index (χ4v) is 5.90. The number of ether oxygens (including phenoxy) is 2. The minimum atomic E-state index is -0.386. The molecule has 0 aliphatic heterocycles. The van der Waals surface area contributed by atoms with E-state index < -0.39 is 0 Å². The lowest BCUT2D eigenvalue weighted by Gasteiger charge is -2.22. The van der Waals surface area contributed by atoms with Crippen LogP contribution in [-0.2, 0) is 19.7 Å². The highest BCUT2D eigenvalue weighted by Gasteiger charge is 2.37. The number of hydrogen-bond donors (Lipinski definition) is 1. The summed E-state index contributed by atoms with van der Waals surface area (Å²) in [6.07, 6.45) is 6.04. The highest BCUT2D eigenvalue weighted by Crippen LogP contribution is 2.53. The van der Waals surface area contributed by atoms with Gasteiger partial charge in [0.05, 0.1) is 19.8 Å². The molecule has 0 fully saturated rings. The molecule has 0 spiro atoms. The number of carbonyl (C=O) groups is 1. The van der Waals surface area contributed by atoms with Crippen molar-refractivity contribution in [3.05, 3.63) is 45.8 Å². The number of nitrogens with zero attached hydrogens (tertiary/aromatic N) is 2. The quantitative estimate of drug-likeness (QED) is 0.129. The van der Waals surface area contributed by atoms with E-state index in [1.807, 2.05) is 14.1 Å². The maximum absolute atomic E-state index is 12.6. The molecule has 0 unspecified atom stereocenters. The van der Waals surface area contributed by atoms with Crippen molar-refractivity contribution in [2.45, 2.75) is 44.9 Å². The van der Waals surface area contributed by atoms with Crippen molar-refractivity contribution in [2.75, 3.05) is 57.8 Å². The van der Waals surface area contributed by atoms with Crippen LogP contribution in [-0.4, -0.2) is 58.9 Å². The summed E-state index contributed by atoms with van der Waals surface area (Å²) in [6.45, 7) is 6.90. The third-order valence-corrected chi connectivity index (χ3v) is 7.97. The molecule has 0 saturated heterocycles. The highest BCUT2D eigenvalue weighted by molar-refractivity contribution is 7.16. The van der Waals surface area contributed by atoms with Gasteiger partial charge in [-0.15, -0.1) is 22.9 Å². The van der Waals surface area contributed by atoms with Gasteiger partial charge in [-0.05, 0) is 53.8 Å². The topological polar surface area (TPSA) is 74.6 Å². The Hall–Kier alpha value is -2.37. The third kappa shape index (κ3) is 7.58. The lowest BCUT2D eigenvalue weighted by Crippen LogP contribution is -2.28. The molecule has 3 rings (SSSR count). The van der Waals surface area contributed by atoms with Crippen molar-refractivity contribution < 1.29 is 14.3 Å². The Morgan fingerprint density at radius 1 is 1.08 bits per heavy atom. The molecule has 8 heteroatoms. The number of carbonyl (C=O) groups excluding carboxylic acids is 1. The van der Waals surface area contributed by atoms with Gasteiger partial charge < -0.3 is 19.7 Å². The number of nitrogens with one attached hydrogen (secondary N) is 1. The molecule has 37 heavy (non-hydrogen) atoms. The number of fused-ring (bicyclic) bond motifs is 3. The monoisotopic (exact) mass is 543 g/mol. The number of anilines is 1. The van der Waals surface area contributed by atoms with Crippen molar-refractivity contribution in [3.8, 4) is 16.5 Å². The lowest BCUT2D eigenvalue weighted by molar-refractivity contribution is -0.117. The van der Waals surface area contributed by atoms with Crippen LogP contribution in [0.4, 0.5) is 5.69 Å². The zero-order valence-electron chi connectivity index (χ0n) is 22.4. The zero-order valence-corrected chi connectivity index (χ0v) is 23.9. The molecule has 1 aromatic heterocycles. The fourth-order valence-electron chi connectivity index (χ4n) is 4.41. The van der Waals surface area contributed by atoms with Crippen molar-refractivity contribution in [1.82, 2.24) is 5.32 Å². The molecule has 1 heterocycles. The number of halogens is 1. The van der Waals surface area contributed by atoms with Crippen LogP contribution in [0, 0.1) is 11.3 Å². The summed E-state index contributed by atoms with van der Waals surface area (Å²) in [5.41, 5.74) is 4.90. The van der Waals surface area contributed by atoms with Crippen LogP contribution in [0.3, 0.4) is 0 Å². The van der Waals surface area contributed by atoms with E-state index in [0.29, 0.717) is 26.4 Å². The second-order valence-corrected chi connectivity index (χ2v) is 11.4. The van der Waals surface area contributed by atoms with E-state index in [0.717, 1.165) is 43.0 Å². The molecule has 1 aliphatic rings. The lowest BCUT2D eigenvalue weighted by atomic mass is 9.82. The summed E-state index contributed by atoms with van der Waals surface area (Å²) >= 11 is 7.29. The predicted molar refractivity (Wildman–Crippen MR) is 154 cm³/mol. The van der Waals surface area contributed by atoms with E-state index in [1.54, 1.807) is 17.4 Å². The van der Waals surface area contributed by atoms with Gasteiger partial charge in [-0.3, -0.25) is 4.79 Å². The van der Waals surface area contributed by atoms with Gasteiger partial charge in [0.15, 0.2) is 0 Å². The largest absolute Gasteiger partial charge is 0.379 e. The predicted octanol–water partition coefficient (Wildman–Crippen LogP) is 5.98. The fraction of sp³-hybridized carbons (Fsp3) is 0.517. The molecule has 1 aromatic carbocycles. The number of amides is 1. The summed E-state index contributed by atoms with van der Waals surface area (Å²) in [6, 6.07) is 10.7. The Balaban J connectivity index is 1.48. The zero-order chi connectivity index (χ0) is 26.8. The van der Waals surface area contributed by atoms with Crippen LogP contribution >= 0.6 is 22.9 Å². The van der Waals surface area contributed by atoms with Crippen LogP contribution in [0.2, 0.25) is 0 Å². The van der Waals surface area contributed by atoms with Crippen LogP contribution < -0.4 is 10.2 Å². The van der Waals surface area contributed by atoms with E-state index >= 15 is 0 Å². The van der Waals surface area contributed by atoms with Gasteiger partial charge in [0.25, 0.3) is 5.91 Å². The average molecular weight is 544 g/mol. The van der Waals surface area contributed by atoms with Gasteiger partial charge in [-0.25, -0.2) is 0 Å². The molecule has 2 aromatic rings. The number of hydrogen-bond acceptors (Lipinski definition) is 6. The summed E-state index contributed by atoms with van der Waals surface area (Å²) < 4.78 is 11.1. The van der Waals surface area contributed by atoms with Gasteiger partial charge in [0.1, 0.15) is 11.6 Å². The Morgan fingerprint density at radius 3 is 2.51 bits per heavy atom. The highest BCUT2D eigenvalue weighted by atomic mass is 35.5. The first-order chi connectivity index (χ1) is 17.8. The van der Waals surface area contributed by atoms with Crippen LogP contribution in [0.1, 0.15) is 55.5 Å². The molecule has 0 atom stereocenters. The smallest absolute Gasteiger partial charge is 0.262 e. The average Bonchev–Trinajstić information content (AvgIpc) is 3.39. The van der Waals surface area contributed by atoms with Crippen molar-refractivity contribution in [3.63, 3.8) is 0 Å². The third-order valence-electron chi connectivity index (χ3n) is 6.59. The summed E-state index contributed by atoms with van der Waals surface area (Å²) in [5.74, 6) is 0.335. The number of alkyl halides is 1. The maximum Gasteiger partial charge on any atom is 0.262 e. The molecule has 6 nitrogen and oxygen atoms in total. The minimum Gasteiger partial charge on any atom is -0.379 e. The Morgan fingerprint density at radius 2 is 1.81 bits per heavy atom. The van der Waals surface area contributed by atoms with Crippen LogP contribution in [0.5, 0.6) is 0 Å². The second kappa shape index (κ2) is 14.0. The SMILES string of the molecule is CN(C)c1ccc2c(c1)C(C)(C)c1cc(/C=C(\C#N)C(=O)NCCOCCOCCCCCCCl)sc1-2. The molecule has 1 aliphatic carbocycles. The van der Waals surface area contributed by atoms with Crippen LogP contribution in [0.15, 0.2) is 29.8 Å². The summed E-state index contributed by atoms with van der Waals surface area (Å²) in [7, 11) is 4.09. The molecule has 0 saturated carbocycles. The Labute approximate surface area is 230 Å². The van der Waals surface area contributed by atoms with E-state index in [-0.39, 0.29) is 16.9 Å². The van der Waals surface area contributed by atoms with Crippen molar-refractivity contribution >= 4 is 40.6 Å². The van der Waals surface area contributed by atoms with E-state index in [9.17, 15) is 10.1 Å². The number of nitriles is 1. The van der Waals surface area contributed by atoms with E-state index in [1.165, 1.54) is 27.3 Å². The molecule has 200 valence electrons. The van der Waals surface area contributed by atoms with Gasteiger partial charge in [0, 0.05) is 54.0 Å². The number of thiophene rings is 1. The normalized spacial score (nSPS) is 13.7. The molecular formula is C29H38ClN3O3S. The van der Waals surface area contributed by atoms with Gasteiger partial charge in [-0.2, -0.15) is 5.26 Å². The van der Waals surface area contributed by atoms with Crippen molar-refractivity contribution in [2.24, 2.45) is 0 Å². The summed E-state index contributed by atoms with van der Waals surface area (Å²) in [5, 5.41) is 12.4. The van der Waals surface area contributed by atoms with Crippen LogP contribution in [0.25, 0.3) is 16.5 Å². The Bertz CT molecular complexity index is 1130. The maximum atomic E-state index is 12.6. The van der Waals surface area contributed by atoms with Gasteiger partial charge in [-0.1, -0.05) is 32.8 Å². The van der Waals surface area contributed by atoms with E-state index in [4.69, 9.17) is 21.1 Å². The summed E-state index contributed by atoms with van der Waals surface area (Å²) in [4.78, 5) is 16.8. The minimum absolute atomic E-state index is 0.0957. The number of rotatable bonds is 15. The first-order valence-corrected chi connectivity index (χ1v) is 14.2.